The molecule has 1 N–H and O–H groups in total. The van der Waals surface area contributed by atoms with Crippen LogP contribution in [0, 0.1) is 0 Å². The molecular formula is C21H22N2O3. The van der Waals surface area contributed by atoms with Gasteiger partial charge in [-0.1, -0.05) is 37.3 Å². The van der Waals surface area contributed by atoms with Crippen molar-refractivity contribution >= 4 is 28.2 Å². The first kappa shape index (κ1) is 17.7. The molecule has 0 aliphatic rings. The molecule has 0 aliphatic carbocycles. The molecule has 5 nitrogen and oxygen atoms in total. The van der Waals surface area contributed by atoms with Crippen molar-refractivity contribution in [1.82, 2.24) is 4.98 Å². The molecule has 0 atom stereocenters. The molecule has 1 aromatic heterocycles. The summed E-state index contributed by atoms with van der Waals surface area (Å²) in [5.41, 5.74) is 3.23. The molecule has 5 heteroatoms. The average Bonchev–Trinajstić information content (AvgIpc) is 2.67. The van der Waals surface area contributed by atoms with Crippen LogP contribution < -0.4 is 10.1 Å². The molecule has 3 rings (SSSR count). The van der Waals surface area contributed by atoms with Crippen LogP contribution in [0.1, 0.15) is 19.0 Å². The number of carbonyl (C=O) groups excluding carboxylic acids is 1. The monoisotopic (exact) mass is 350 g/mol. The largest absolute Gasteiger partial charge is 0.491 e. The summed E-state index contributed by atoms with van der Waals surface area (Å²) in [6, 6.07) is 17.5. The fourth-order valence-electron chi connectivity index (χ4n) is 2.70. The molecule has 1 heterocycles. The Bertz CT molecular complexity index is 909. The molecule has 0 saturated carbocycles. The van der Waals surface area contributed by atoms with Gasteiger partial charge in [-0.15, -0.1) is 0 Å². The minimum atomic E-state index is -0.314. The molecule has 0 aliphatic heterocycles. The van der Waals surface area contributed by atoms with E-state index in [2.05, 4.69) is 17.2 Å². The van der Waals surface area contributed by atoms with E-state index in [1.165, 1.54) is 7.11 Å². The second-order valence-electron chi connectivity index (χ2n) is 5.90. The number of nitrogens with one attached hydrogen (secondary N) is 1. The third-order valence-corrected chi connectivity index (χ3v) is 3.94. The second kappa shape index (κ2) is 8.34. The molecule has 0 spiro atoms. The lowest BCUT2D eigenvalue weighted by Gasteiger charge is -2.15. The third-order valence-electron chi connectivity index (χ3n) is 3.94. The molecule has 3 aromatic rings. The quantitative estimate of drug-likeness (QED) is 0.637. The number of carbonyl (C=O) groups is 1. The van der Waals surface area contributed by atoms with Gasteiger partial charge in [0, 0.05) is 11.1 Å². The highest BCUT2D eigenvalue weighted by molar-refractivity contribution is 5.94. The molecule has 0 fully saturated rings. The van der Waals surface area contributed by atoms with E-state index >= 15 is 0 Å². The molecular weight excluding hydrogens is 328 g/mol. The number of pyridine rings is 1. The summed E-state index contributed by atoms with van der Waals surface area (Å²) in [6.07, 6.45) is 1.07. The summed E-state index contributed by atoms with van der Waals surface area (Å²) in [5, 5.41) is 4.42. The Morgan fingerprint density at radius 2 is 1.85 bits per heavy atom. The normalized spacial score (nSPS) is 10.5. The van der Waals surface area contributed by atoms with Crippen LogP contribution in [0.15, 0.2) is 54.6 Å². The summed E-state index contributed by atoms with van der Waals surface area (Å²) in [4.78, 5) is 16.2. The van der Waals surface area contributed by atoms with E-state index in [1.54, 1.807) is 0 Å². The Labute approximate surface area is 153 Å². The van der Waals surface area contributed by atoms with Crippen molar-refractivity contribution in [3.05, 3.63) is 60.3 Å². The Balaban J connectivity index is 2.00. The lowest BCUT2D eigenvalue weighted by molar-refractivity contribution is -0.139. The van der Waals surface area contributed by atoms with E-state index in [4.69, 9.17) is 9.47 Å². The van der Waals surface area contributed by atoms with Gasteiger partial charge in [0.05, 0.1) is 37.0 Å². The summed E-state index contributed by atoms with van der Waals surface area (Å²) < 4.78 is 10.6. The zero-order valence-electron chi connectivity index (χ0n) is 15.0. The van der Waals surface area contributed by atoms with Crippen LogP contribution in [-0.2, 0) is 16.0 Å². The number of hydrogen-bond acceptors (Lipinski definition) is 5. The van der Waals surface area contributed by atoms with Gasteiger partial charge in [0.25, 0.3) is 0 Å². The molecule has 0 unspecified atom stereocenters. The molecule has 0 amide bonds. The first-order valence-electron chi connectivity index (χ1n) is 8.65. The van der Waals surface area contributed by atoms with E-state index in [0.29, 0.717) is 12.3 Å². The molecule has 0 radical (unpaired) electrons. The summed E-state index contributed by atoms with van der Waals surface area (Å²) >= 11 is 0. The molecule has 0 bridgehead atoms. The van der Waals surface area contributed by atoms with Crippen LogP contribution in [-0.4, -0.2) is 24.7 Å². The van der Waals surface area contributed by atoms with Crippen LogP contribution >= 0.6 is 0 Å². The molecule has 2 aromatic carbocycles. The van der Waals surface area contributed by atoms with E-state index in [-0.39, 0.29) is 12.4 Å². The first-order chi connectivity index (χ1) is 12.7. The Kier molecular flexibility index (Phi) is 5.69. The number of aromatic nitrogens is 1. The lowest BCUT2D eigenvalue weighted by atomic mass is 10.1. The van der Waals surface area contributed by atoms with Gasteiger partial charge in [-0.3, -0.25) is 9.78 Å². The number of rotatable bonds is 7. The number of hydrogen-bond donors (Lipinski definition) is 1. The summed E-state index contributed by atoms with van der Waals surface area (Å²) in [5.74, 6) is 0.482. The number of benzene rings is 2. The summed E-state index contributed by atoms with van der Waals surface area (Å²) in [6.45, 7) is 2.73. The fraction of sp³-hybridized carbons (Fsp3) is 0.238. The van der Waals surface area contributed by atoms with Gasteiger partial charge in [-0.2, -0.15) is 0 Å². The van der Waals surface area contributed by atoms with Gasteiger partial charge in [0.1, 0.15) is 5.75 Å². The highest BCUT2D eigenvalue weighted by Crippen LogP contribution is 2.31. The number of nitrogens with zero attached hydrogens (tertiary/aromatic N) is 1. The Morgan fingerprint density at radius 1 is 1.08 bits per heavy atom. The second-order valence-corrected chi connectivity index (χ2v) is 5.90. The predicted octanol–water partition coefficient (Wildman–Crippen LogP) is 4.48. The number of para-hydroxylation sites is 3. The van der Waals surface area contributed by atoms with Gasteiger partial charge >= 0.3 is 5.97 Å². The lowest BCUT2D eigenvalue weighted by Crippen LogP contribution is -2.07. The van der Waals surface area contributed by atoms with Gasteiger partial charge in [-0.25, -0.2) is 0 Å². The van der Waals surface area contributed by atoms with Crippen molar-refractivity contribution in [1.29, 1.82) is 0 Å². The van der Waals surface area contributed by atoms with Crippen LogP contribution in [0.5, 0.6) is 5.75 Å². The number of esters is 1. The van der Waals surface area contributed by atoms with Crippen molar-refractivity contribution in [2.75, 3.05) is 19.0 Å². The summed E-state index contributed by atoms with van der Waals surface area (Å²) in [7, 11) is 1.38. The van der Waals surface area contributed by atoms with Gasteiger partial charge < -0.3 is 14.8 Å². The van der Waals surface area contributed by atoms with Crippen LogP contribution in [0.25, 0.3) is 10.9 Å². The smallest absolute Gasteiger partial charge is 0.311 e. The molecule has 134 valence electrons. The maximum Gasteiger partial charge on any atom is 0.311 e. The van der Waals surface area contributed by atoms with Gasteiger partial charge in [-0.05, 0) is 30.7 Å². The van der Waals surface area contributed by atoms with Gasteiger partial charge in [0.2, 0.25) is 0 Å². The zero-order chi connectivity index (χ0) is 18.4. The minimum Gasteiger partial charge on any atom is -0.491 e. The van der Waals surface area contributed by atoms with Crippen molar-refractivity contribution in [3.8, 4) is 5.75 Å². The molecule has 26 heavy (non-hydrogen) atoms. The third kappa shape index (κ3) is 4.11. The highest BCUT2D eigenvalue weighted by atomic mass is 16.5. The number of anilines is 2. The first-order valence-corrected chi connectivity index (χ1v) is 8.65. The number of methoxy groups -OCH3 is 1. The van der Waals surface area contributed by atoms with Crippen LogP contribution in [0.3, 0.4) is 0 Å². The minimum absolute atomic E-state index is 0.129. The highest BCUT2D eigenvalue weighted by Gasteiger charge is 2.11. The Morgan fingerprint density at radius 3 is 2.65 bits per heavy atom. The standard InChI is InChI=1S/C21H22N2O3/c1-3-12-26-20-11-7-6-10-18(20)23-19-13-15(14-21(24)25-2)22-17-9-5-4-8-16(17)19/h4-11,13H,3,12,14H2,1-2H3,(H,22,23). The maximum absolute atomic E-state index is 11.7. The van der Waals surface area contributed by atoms with E-state index in [1.807, 2.05) is 54.6 Å². The maximum atomic E-state index is 11.7. The van der Waals surface area contributed by atoms with Crippen LogP contribution in [0.2, 0.25) is 0 Å². The fourth-order valence-corrected chi connectivity index (χ4v) is 2.70. The SMILES string of the molecule is CCCOc1ccccc1Nc1cc(CC(=O)OC)nc2ccccc12. The Hall–Kier alpha value is -3.08. The van der Waals surface area contributed by atoms with Crippen LogP contribution in [0.4, 0.5) is 11.4 Å². The van der Waals surface area contributed by atoms with Crippen molar-refractivity contribution in [2.45, 2.75) is 19.8 Å². The van der Waals surface area contributed by atoms with E-state index in [0.717, 1.165) is 34.4 Å². The molecule has 0 saturated heterocycles. The zero-order valence-corrected chi connectivity index (χ0v) is 15.0. The number of fused-ring (bicyclic) bond motifs is 1. The van der Waals surface area contributed by atoms with Gasteiger partial charge in [0.15, 0.2) is 0 Å². The average molecular weight is 350 g/mol. The number of ether oxygens (including phenoxy) is 2. The van der Waals surface area contributed by atoms with Crippen molar-refractivity contribution in [3.63, 3.8) is 0 Å². The van der Waals surface area contributed by atoms with Crippen molar-refractivity contribution < 1.29 is 14.3 Å². The van der Waals surface area contributed by atoms with E-state index < -0.39 is 0 Å². The topological polar surface area (TPSA) is 60.5 Å². The predicted molar refractivity (Wildman–Crippen MR) is 103 cm³/mol. The van der Waals surface area contributed by atoms with E-state index in [9.17, 15) is 4.79 Å². The van der Waals surface area contributed by atoms with Crippen molar-refractivity contribution in [2.24, 2.45) is 0 Å².